The molecule has 0 aromatic heterocycles. The largest absolute Gasteiger partial charge is 0.472 e. The smallest absolute Gasteiger partial charge is 0.391 e. The Hall–Kier alpha value is -0.760. The average Bonchev–Trinajstić information content (AvgIpc) is 3.02. The number of nitrogens with zero attached hydrogens (tertiary/aromatic N) is 1. The topological polar surface area (TPSA) is 105 Å². The number of phosphoric ester groups is 1. The van der Waals surface area contributed by atoms with Crippen LogP contribution >= 0.6 is 7.82 Å². The molecule has 0 bridgehead atoms. The molecule has 0 radical (unpaired) electrons. The van der Waals surface area contributed by atoms with Gasteiger partial charge in [-0.1, -0.05) is 148 Å². The van der Waals surface area contributed by atoms with Crippen LogP contribution in [-0.4, -0.2) is 73.4 Å². The minimum atomic E-state index is -4.30. The quantitative estimate of drug-likeness (QED) is 0.0260. The highest BCUT2D eigenvalue weighted by Gasteiger charge is 2.28. The van der Waals surface area contributed by atoms with E-state index in [1.54, 1.807) is 0 Å². The number of phosphoric acid groups is 1. The van der Waals surface area contributed by atoms with Crippen molar-refractivity contribution in [3.63, 3.8) is 0 Å². The molecule has 0 fully saturated rings. The van der Waals surface area contributed by atoms with Gasteiger partial charge in [0.05, 0.1) is 39.9 Å². The predicted molar refractivity (Wildman–Crippen MR) is 203 cm³/mol. The molecule has 0 aliphatic rings. The molecule has 0 spiro atoms. The fourth-order valence-corrected chi connectivity index (χ4v) is 6.48. The van der Waals surface area contributed by atoms with Crippen molar-refractivity contribution in [1.29, 1.82) is 0 Å². The molecule has 9 heteroatoms. The van der Waals surface area contributed by atoms with Crippen LogP contribution in [0.4, 0.5) is 0 Å². The third-order valence-corrected chi connectivity index (χ3v) is 10.00. The van der Waals surface area contributed by atoms with Crippen LogP contribution in [0.1, 0.15) is 181 Å². The second-order valence-corrected chi connectivity index (χ2v) is 16.5. The zero-order valence-corrected chi connectivity index (χ0v) is 33.1. The molecular weight excluding hydrogens is 623 g/mol. The van der Waals surface area contributed by atoms with E-state index in [1.807, 2.05) is 21.1 Å². The lowest BCUT2D eigenvalue weighted by molar-refractivity contribution is -0.870. The SMILES string of the molecule is CCCCCC/C=C\CCCCCCCCCC(=O)NC(COP(=O)(O)OCC[N+](C)(C)C)C(O)CCCCCCCCCCCCC. The van der Waals surface area contributed by atoms with Gasteiger partial charge in [-0.05, 0) is 38.5 Å². The Balaban J connectivity index is 4.42. The summed E-state index contributed by atoms with van der Waals surface area (Å²) in [4.78, 5) is 23.0. The highest BCUT2D eigenvalue weighted by atomic mass is 31.2. The van der Waals surface area contributed by atoms with Crippen molar-refractivity contribution < 1.29 is 32.9 Å². The van der Waals surface area contributed by atoms with Crippen LogP contribution in [0, 0.1) is 0 Å². The Bertz CT molecular complexity index is 804. The zero-order chi connectivity index (χ0) is 35.8. The van der Waals surface area contributed by atoms with Crippen molar-refractivity contribution in [1.82, 2.24) is 5.32 Å². The summed E-state index contributed by atoms with van der Waals surface area (Å²) in [7, 11) is 1.61. The van der Waals surface area contributed by atoms with Crippen molar-refractivity contribution in [2.24, 2.45) is 0 Å². The lowest BCUT2D eigenvalue weighted by Gasteiger charge is -2.26. The summed E-state index contributed by atoms with van der Waals surface area (Å²) in [5.74, 6) is -0.151. The molecule has 0 aliphatic heterocycles. The molecule has 8 nitrogen and oxygen atoms in total. The van der Waals surface area contributed by atoms with Crippen molar-refractivity contribution >= 4 is 13.7 Å². The van der Waals surface area contributed by atoms with E-state index in [0.29, 0.717) is 23.9 Å². The van der Waals surface area contributed by atoms with E-state index >= 15 is 0 Å². The minimum Gasteiger partial charge on any atom is -0.391 e. The molecule has 0 aliphatic carbocycles. The molecule has 0 saturated carbocycles. The number of hydrogen-bond acceptors (Lipinski definition) is 5. The van der Waals surface area contributed by atoms with Crippen LogP contribution in [0.15, 0.2) is 12.2 Å². The lowest BCUT2D eigenvalue weighted by atomic mass is 10.0. The number of nitrogens with one attached hydrogen (secondary N) is 1. The first kappa shape index (κ1) is 47.2. The van der Waals surface area contributed by atoms with Crippen molar-refractivity contribution in [3.8, 4) is 0 Å². The number of aliphatic hydroxyl groups is 1. The van der Waals surface area contributed by atoms with E-state index in [-0.39, 0.29) is 19.1 Å². The van der Waals surface area contributed by atoms with Crippen molar-refractivity contribution in [3.05, 3.63) is 12.2 Å². The highest BCUT2D eigenvalue weighted by molar-refractivity contribution is 7.47. The number of aliphatic hydroxyl groups excluding tert-OH is 1. The molecule has 3 unspecified atom stereocenters. The number of carbonyl (C=O) groups excluding carboxylic acids is 1. The molecule has 0 rings (SSSR count). The first-order valence-corrected chi connectivity index (χ1v) is 21.5. The number of allylic oxidation sites excluding steroid dienone is 2. The molecule has 1 amide bonds. The van der Waals surface area contributed by atoms with Gasteiger partial charge in [-0.3, -0.25) is 13.8 Å². The highest BCUT2D eigenvalue weighted by Crippen LogP contribution is 2.43. The van der Waals surface area contributed by atoms with Crippen LogP contribution in [0.25, 0.3) is 0 Å². The number of carbonyl (C=O) groups is 1. The fraction of sp³-hybridized carbons (Fsp3) is 0.923. The van der Waals surface area contributed by atoms with Crippen LogP contribution in [-0.2, 0) is 18.4 Å². The minimum absolute atomic E-state index is 0.0752. The first-order chi connectivity index (χ1) is 23.0. The molecule has 0 aromatic carbocycles. The van der Waals surface area contributed by atoms with E-state index in [0.717, 1.165) is 38.5 Å². The Kier molecular flexibility index (Phi) is 31.7. The van der Waals surface area contributed by atoms with Gasteiger partial charge in [0.15, 0.2) is 0 Å². The van der Waals surface area contributed by atoms with Crippen LogP contribution < -0.4 is 5.32 Å². The Morgan fingerprint density at radius 3 is 1.62 bits per heavy atom. The van der Waals surface area contributed by atoms with E-state index in [2.05, 4.69) is 31.3 Å². The fourth-order valence-electron chi connectivity index (χ4n) is 5.74. The van der Waals surface area contributed by atoms with Gasteiger partial charge in [0, 0.05) is 6.42 Å². The number of quaternary nitrogens is 1. The average molecular weight is 704 g/mol. The molecular formula is C39H80N2O6P+. The van der Waals surface area contributed by atoms with Gasteiger partial charge in [-0.15, -0.1) is 0 Å². The van der Waals surface area contributed by atoms with Gasteiger partial charge >= 0.3 is 7.82 Å². The molecule has 0 saturated heterocycles. The summed E-state index contributed by atoms with van der Waals surface area (Å²) < 4.78 is 23.5. The molecule has 3 N–H and O–H groups in total. The maximum atomic E-state index is 12.8. The summed E-state index contributed by atoms with van der Waals surface area (Å²) in [6, 6.07) is -0.756. The number of unbranched alkanes of at least 4 members (excludes halogenated alkanes) is 21. The Morgan fingerprint density at radius 1 is 0.688 bits per heavy atom. The summed E-state index contributed by atoms with van der Waals surface area (Å²) >= 11 is 0. The molecule has 0 aromatic rings. The summed E-state index contributed by atoms with van der Waals surface area (Å²) in [5.41, 5.74) is 0. The lowest BCUT2D eigenvalue weighted by Crippen LogP contribution is -2.46. The van der Waals surface area contributed by atoms with Gasteiger partial charge < -0.3 is 19.8 Å². The van der Waals surface area contributed by atoms with E-state index in [4.69, 9.17) is 9.05 Å². The third kappa shape index (κ3) is 33.7. The Morgan fingerprint density at radius 2 is 1.12 bits per heavy atom. The zero-order valence-electron chi connectivity index (χ0n) is 32.2. The van der Waals surface area contributed by atoms with Gasteiger partial charge in [0.2, 0.25) is 5.91 Å². The molecule has 0 heterocycles. The van der Waals surface area contributed by atoms with Gasteiger partial charge in [0.25, 0.3) is 0 Å². The monoisotopic (exact) mass is 704 g/mol. The molecule has 3 atom stereocenters. The number of rotatable bonds is 36. The van der Waals surface area contributed by atoms with Gasteiger partial charge in [-0.2, -0.15) is 0 Å². The van der Waals surface area contributed by atoms with E-state index in [1.165, 1.54) is 116 Å². The standard InChI is InChI=1S/C39H79N2O6P/c1-6-8-10-12-14-16-18-19-20-21-23-25-27-29-31-33-39(43)40-37(36-47-48(44,45)46-35-34-41(3,4)5)38(42)32-30-28-26-24-22-17-15-13-11-9-7-2/h16,18,37-38,42H,6-15,17,19-36H2,1-5H3,(H-,40,43,44,45)/p+1/b18-16-. The second kappa shape index (κ2) is 32.2. The summed E-state index contributed by atoms with van der Waals surface area (Å²) in [5, 5.41) is 13.9. The van der Waals surface area contributed by atoms with Gasteiger partial charge in [0.1, 0.15) is 13.2 Å². The van der Waals surface area contributed by atoms with Crippen LogP contribution in [0.5, 0.6) is 0 Å². The number of hydrogen-bond donors (Lipinski definition) is 3. The van der Waals surface area contributed by atoms with Gasteiger partial charge in [-0.25, -0.2) is 4.57 Å². The third-order valence-electron chi connectivity index (χ3n) is 9.01. The number of likely N-dealkylation sites (N-methyl/N-ethyl adjacent to an activating group) is 1. The summed E-state index contributed by atoms with van der Waals surface area (Å²) in [6.07, 6.45) is 33.7. The van der Waals surface area contributed by atoms with Crippen LogP contribution in [0.2, 0.25) is 0 Å². The van der Waals surface area contributed by atoms with Crippen molar-refractivity contribution in [2.75, 3.05) is 40.9 Å². The first-order valence-electron chi connectivity index (χ1n) is 20.1. The second-order valence-electron chi connectivity index (χ2n) is 15.0. The van der Waals surface area contributed by atoms with E-state index in [9.17, 15) is 19.4 Å². The number of amides is 1. The molecule has 286 valence electrons. The van der Waals surface area contributed by atoms with E-state index < -0.39 is 20.0 Å². The predicted octanol–water partition coefficient (Wildman–Crippen LogP) is 10.4. The normalized spacial score (nSPS) is 14.7. The van der Waals surface area contributed by atoms with Crippen molar-refractivity contribution in [2.45, 2.75) is 193 Å². The maximum Gasteiger partial charge on any atom is 0.472 e. The molecule has 48 heavy (non-hydrogen) atoms. The maximum absolute atomic E-state index is 12.8. The Labute approximate surface area is 297 Å². The summed E-state index contributed by atoms with van der Waals surface area (Å²) in [6.45, 7) is 4.85. The van der Waals surface area contributed by atoms with Crippen LogP contribution in [0.3, 0.4) is 0 Å².